The van der Waals surface area contributed by atoms with Crippen molar-refractivity contribution in [2.45, 2.75) is 12.3 Å². The molecule has 1 heterocycles. The van der Waals surface area contributed by atoms with Gasteiger partial charge in [-0.25, -0.2) is 9.37 Å². The summed E-state index contributed by atoms with van der Waals surface area (Å²) in [4.78, 5) is 3.95. The van der Waals surface area contributed by atoms with E-state index in [1.54, 1.807) is 13.0 Å². The van der Waals surface area contributed by atoms with Gasteiger partial charge in [-0.15, -0.1) is 11.6 Å². The van der Waals surface area contributed by atoms with Crippen molar-refractivity contribution in [2.24, 2.45) is 0 Å². The first-order chi connectivity index (χ1) is 7.59. The normalized spacial score (nSPS) is 12.8. The molecule has 0 spiro atoms. The summed E-state index contributed by atoms with van der Waals surface area (Å²) in [6, 6.07) is 4.43. The van der Waals surface area contributed by atoms with Gasteiger partial charge in [0, 0.05) is 0 Å². The van der Waals surface area contributed by atoms with Gasteiger partial charge in [0.05, 0.1) is 16.8 Å². The molecule has 16 heavy (non-hydrogen) atoms. The van der Waals surface area contributed by atoms with Crippen LogP contribution in [0.5, 0.6) is 0 Å². The third-order valence-electron chi connectivity index (χ3n) is 2.07. The Bertz CT molecular complexity index is 490. The Balaban J connectivity index is 2.50. The highest BCUT2D eigenvalue weighted by molar-refractivity contribution is 6.33. The van der Waals surface area contributed by atoms with Gasteiger partial charge in [0.15, 0.2) is 5.76 Å². The number of halogens is 3. The highest BCUT2D eigenvalue weighted by Gasteiger charge is 2.16. The molecular formula is C11H8Cl2FNO. The van der Waals surface area contributed by atoms with Crippen molar-refractivity contribution < 1.29 is 8.81 Å². The lowest BCUT2D eigenvalue weighted by molar-refractivity contribution is 0.504. The van der Waals surface area contributed by atoms with Crippen molar-refractivity contribution in [2.75, 3.05) is 0 Å². The van der Waals surface area contributed by atoms with Gasteiger partial charge in [0.25, 0.3) is 0 Å². The fraction of sp³-hybridized carbons (Fsp3) is 0.182. The second kappa shape index (κ2) is 4.44. The zero-order valence-corrected chi connectivity index (χ0v) is 9.89. The molecular weight excluding hydrogens is 252 g/mol. The molecule has 0 amide bonds. The molecule has 0 aliphatic heterocycles. The third kappa shape index (κ3) is 2.06. The number of aromatic nitrogens is 1. The Kier molecular flexibility index (Phi) is 3.17. The first-order valence-electron chi connectivity index (χ1n) is 4.63. The number of hydrogen-bond acceptors (Lipinski definition) is 2. The molecule has 1 atom stereocenters. The molecule has 0 radical (unpaired) electrons. The molecule has 0 saturated heterocycles. The second-order valence-electron chi connectivity index (χ2n) is 3.28. The SMILES string of the molecule is CC(Cl)c1ncc(-c2c(F)cccc2Cl)o1. The van der Waals surface area contributed by atoms with E-state index in [2.05, 4.69) is 4.98 Å². The first-order valence-corrected chi connectivity index (χ1v) is 5.45. The maximum absolute atomic E-state index is 13.5. The van der Waals surface area contributed by atoms with Crippen molar-refractivity contribution in [1.82, 2.24) is 4.98 Å². The molecule has 84 valence electrons. The molecule has 1 aromatic carbocycles. The molecule has 2 nitrogen and oxygen atoms in total. The van der Waals surface area contributed by atoms with Crippen LogP contribution in [0.4, 0.5) is 4.39 Å². The van der Waals surface area contributed by atoms with Gasteiger partial charge >= 0.3 is 0 Å². The second-order valence-corrected chi connectivity index (χ2v) is 4.34. The van der Waals surface area contributed by atoms with Crippen LogP contribution in [-0.2, 0) is 0 Å². The van der Waals surface area contributed by atoms with Crippen molar-refractivity contribution >= 4 is 23.2 Å². The number of benzene rings is 1. The minimum atomic E-state index is -0.447. The van der Waals surface area contributed by atoms with Crippen LogP contribution in [0.25, 0.3) is 11.3 Å². The smallest absolute Gasteiger partial charge is 0.212 e. The van der Waals surface area contributed by atoms with Gasteiger partial charge in [0.1, 0.15) is 11.2 Å². The number of alkyl halides is 1. The van der Waals surface area contributed by atoms with Crippen molar-refractivity contribution in [3.8, 4) is 11.3 Å². The summed E-state index contributed by atoms with van der Waals surface area (Å²) in [5.74, 6) is 0.180. The summed E-state index contributed by atoms with van der Waals surface area (Å²) in [6.45, 7) is 1.72. The van der Waals surface area contributed by atoms with Gasteiger partial charge < -0.3 is 4.42 Å². The highest BCUT2D eigenvalue weighted by Crippen LogP contribution is 2.32. The summed E-state index contributed by atoms with van der Waals surface area (Å²) >= 11 is 11.7. The Labute approximate surface area is 102 Å². The van der Waals surface area contributed by atoms with E-state index in [9.17, 15) is 4.39 Å². The molecule has 0 aliphatic carbocycles. The molecule has 2 aromatic rings. The van der Waals surface area contributed by atoms with Crippen LogP contribution in [0.3, 0.4) is 0 Å². The monoisotopic (exact) mass is 259 g/mol. The number of hydrogen-bond donors (Lipinski definition) is 0. The molecule has 5 heteroatoms. The lowest BCUT2D eigenvalue weighted by Crippen LogP contribution is -1.83. The fourth-order valence-corrected chi connectivity index (χ4v) is 1.68. The van der Waals surface area contributed by atoms with Crippen molar-refractivity contribution in [3.05, 3.63) is 41.1 Å². The van der Waals surface area contributed by atoms with Crippen LogP contribution in [0, 0.1) is 5.82 Å². The van der Waals surface area contributed by atoms with Crippen LogP contribution in [0.1, 0.15) is 18.2 Å². The molecule has 1 unspecified atom stereocenters. The Morgan fingerprint density at radius 3 is 2.75 bits per heavy atom. The Morgan fingerprint density at radius 2 is 2.19 bits per heavy atom. The topological polar surface area (TPSA) is 26.0 Å². The summed E-state index contributed by atoms with van der Waals surface area (Å²) < 4.78 is 18.9. The fourth-order valence-electron chi connectivity index (χ4n) is 1.32. The van der Waals surface area contributed by atoms with E-state index in [0.717, 1.165) is 0 Å². The van der Waals surface area contributed by atoms with Crippen molar-refractivity contribution in [1.29, 1.82) is 0 Å². The van der Waals surface area contributed by atoms with E-state index in [1.165, 1.54) is 18.3 Å². The minimum Gasteiger partial charge on any atom is -0.439 e. The van der Waals surface area contributed by atoms with Crippen LogP contribution in [0.15, 0.2) is 28.8 Å². The maximum atomic E-state index is 13.5. The van der Waals surface area contributed by atoms with Crippen molar-refractivity contribution in [3.63, 3.8) is 0 Å². The summed E-state index contributed by atoms with van der Waals surface area (Å²) in [7, 11) is 0. The zero-order valence-electron chi connectivity index (χ0n) is 8.38. The first kappa shape index (κ1) is 11.4. The van der Waals surface area contributed by atoms with E-state index < -0.39 is 5.82 Å². The van der Waals surface area contributed by atoms with Gasteiger partial charge in [-0.1, -0.05) is 17.7 Å². The lowest BCUT2D eigenvalue weighted by Gasteiger charge is -2.01. The van der Waals surface area contributed by atoms with Crippen LogP contribution < -0.4 is 0 Å². The predicted molar refractivity (Wildman–Crippen MR) is 61.2 cm³/mol. The molecule has 0 bridgehead atoms. The van der Waals surface area contributed by atoms with Gasteiger partial charge in [-0.2, -0.15) is 0 Å². The van der Waals surface area contributed by atoms with E-state index in [0.29, 0.717) is 5.89 Å². The highest BCUT2D eigenvalue weighted by atomic mass is 35.5. The molecule has 0 N–H and O–H groups in total. The van der Waals surface area contributed by atoms with Crippen LogP contribution >= 0.6 is 23.2 Å². The quantitative estimate of drug-likeness (QED) is 0.746. The standard InChI is InChI=1S/C11H8Cl2FNO/c1-6(12)11-15-5-9(16-11)10-7(13)3-2-4-8(10)14/h2-6H,1H3. The van der Waals surface area contributed by atoms with E-state index in [-0.39, 0.29) is 21.7 Å². The maximum Gasteiger partial charge on any atom is 0.212 e. The third-order valence-corrected chi connectivity index (χ3v) is 2.57. The zero-order chi connectivity index (χ0) is 11.7. The van der Waals surface area contributed by atoms with Crippen LogP contribution in [0.2, 0.25) is 5.02 Å². The number of oxazole rings is 1. The summed E-state index contributed by atoms with van der Waals surface area (Å²) in [6.07, 6.45) is 1.42. The molecule has 0 aliphatic rings. The summed E-state index contributed by atoms with van der Waals surface area (Å²) in [5.41, 5.74) is 0.209. The largest absolute Gasteiger partial charge is 0.439 e. The predicted octanol–water partition coefficient (Wildman–Crippen LogP) is 4.43. The van der Waals surface area contributed by atoms with Gasteiger partial charge in [-0.3, -0.25) is 0 Å². The van der Waals surface area contributed by atoms with Gasteiger partial charge in [-0.05, 0) is 19.1 Å². The Morgan fingerprint density at radius 1 is 1.44 bits per heavy atom. The Hall–Kier alpha value is -1.06. The number of nitrogens with zero attached hydrogens (tertiary/aromatic N) is 1. The number of rotatable bonds is 2. The minimum absolute atomic E-state index is 0.209. The summed E-state index contributed by atoms with van der Waals surface area (Å²) in [5, 5.41) is -0.0794. The molecule has 1 aromatic heterocycles. The molecule has 0 fully saturated rings. The average Bonchev–Trinajstić information content (AvgIpc) is 2.66. The average molecular weight is 260 g/mol. The lowest BCUT2D eigenvalue weighted by atomic mass is 10.2. The molecule has 0 saturated carbocycles. The molecule has 2 rings (SSSR count). The van der Waals surface area contributed by atoms with E-state index in [4.69, 9.17) is 27.6 Å². The van der Waals surface area contributed by atoms with Gasteiger partial charge in [0.2, 0.25) is 5.89 Å². The van der Waals surface area contributed by atoms with E-state index in [1.807, 2.05) is 0 Å². The van der Waals surface area contributed by atoms with E-state index >= 15 is 0 Å². The van der Waals surface area contributed by atoms with Crippen LogP contribution in [-0.4, -0.2) is 4.98 Å².